The molecule has 4 rings (SSSR count). The number of hydrogen-bond acceptors (Lipinski definition) is 2. The largest absolute Gasteiger partial charge is 0.462 e. The van der Waals surface area contributed by atoms with Crippen LogP contribution in [0.15, 0.2) is 78.9 Å². The van der Waals surface area contributed by atoms with Gasteiger partial charge in [0, 0.05) is 28.4 Å². The van der Waals surface area contributed by atoms with Gasteiger partial charge in [-0.1, -0.05) is 54.6 Å². The first-order valence-corrected chi connectivity index (χ1v) is 8.53. The van der Waals surface area contributed by atoms with Gasteiger partial charge in [0.1, 0.15) is 0 Å². The number of nitrogens with zero attached hydrogens (tertiary/aromatic N) is 1. The van der Waals surface area contributed by atoms with Gasteiger partial charge in [-0.3, -0.25) is 0 Å². The zero-order valence-corrected chi connectivity index (χ0v) is 13.9. The number of benzene rings is 3. The van der Waals surface area contributed by atoms with E-state index in [9.17, 15) is 4.79 Å². The Balaban J connectivity index is 1.48. The molecule has 0 amide bonds. The molecule has 1 heterocycles. The number of fused-ring (bicyclic) bond motifs is 3. The number of hydrogen-bond donors (Lipinski definition) is 0. The third kappa shape index (κ3) is 3.01. The summed E-state index contributed by atoms with van der Waals surface area (Å²) in [5, 5.41) is 2.53. The molecule has 0 bridgehead atoms. The summed E-state index contributed by atoms with van der Waals surface area (Å²) in [5.41, 5.74) is 3.04. The molecule has 3 nitrogen and oxygen atoms in total. The van der Waals surface area contributed by atoms with Gasteiger partial charge in [0.15, 0.2) is 0 Å². The standard InChI is InChI=1S/C22H19NO2/c24-22(17-9-2-1-3-10-17)25-16-8-15-23-20-13-6-4-11-18(20)19-12-5-7-14-21(19)23/h1-7,9-14H,8,15-16H2. The van der Waals surface area contributed by atoms with Gasteiger partial charge >= 0.3 is 5.97 Å². The Hall–Kier alpha value is -3.07. The number of carbonyl (C=O) groups is 1. The lowest BCUT2D eigenvalue weighted by Crippen LogP contribution is -2.08. The van der Waals surface area contributed by atoms with Crippen LogP contribution in [0.3, 0.4) is 0 Å². The van der Waals surface area contributed by atoms with Crippen LogP contribution in [-0.2, 0) is 11.3 Å². The summed E-state index contributed by atoms with van der Waals surface area (Å²) in [4.78, 5) is 12.0. The van der Waals surface area contributed by atoms with Gasteiger partial charge in [0.25, 0.3) is 0 Å². The molecule has 0 spiro atoms. The minimum Gasteiger partial charge on any atom is -0.462 e. The van der Waals surface area contributed by atoms with Crippen LogP contribution < -0.4 is 0 Å². The minimum absolute atomic E-state index is 0.261. The van der Waals surface area contributed by atoms with Crippen LogP contribution in [-0.4, -0.2) is 17.1 Å². The van der Waals surface area contributed by atoms with E-state index in [1.165, 1.54) is 21.8 Å². The molecule has 25 heavy (non-hydrogen) atoms. The van der Waals surface area contributed by atoms with E-state index >= 15 is 0 Å². The van der Waals surface area contributed by atoms with Crippen molar-refractivity contribution in [3.63, 3.8) is 0 Å². The maximum Gasteiger partial charge on any atom is 0.338 e. The summed E-state index contributed by atoms with van der Waals surface area (Å²) in [6.07, 6.45) is 0.779. The van der Waals surface area contributed by atoms with Crippen molar-refractivity contribution in [2.45, 2.75) is 13.0 Å². The Morgan fingerprint density at radius 1 is 0.760 bits per heavy atom. The van der Waals surface area contributed by atoms with E-state index in [1.807, 2.05) is 18.2 Å². The molecule has 0 saturated carbocycles. The molecule has 4 aromatic rings. The van der Waals surface area contributed by atoms with Gasteiger partial charge in [0.05, 0.1) is 12.2 Å². The van der Waals surface area contributed by atoms with Crippen molar-refractivity contribution in [1.29, 1.82) is 0 Å². The predicted octanol–water partition coefficient (Wildman–Crippen LogP) is 5.04. The summed E-state index contributed by atoms with van der Waals surface area (Å²) < 4.78 is 7.70. The quantitative estimate of drug-likeness (QED) is 0.379. The second kappa shape index (κ2) is 6.81. The van der Waals surface area contributed by atoms with Crippen molar-refractivity contribution >= 4 is 27.8 Å². The summed E-state index contributed by atoms with van der Waals surface area (Å²) >= 11 is 0. The second-order valence-corrected chi connectivity index (χ2v) is 6.04. The number of para-hydroxylation sites is 2. The molecule has 0 aliphatic carbocycles. The monoisotopic (exact) mass is 329 g/mol. The molecule has 0 saturated heterocycles. The highest BCUT2D eigenvalue weighted by atomic mass is 16.5. The predicted molar refractivity (Wildman–Crippen MR) is 101 cm³/mol. The van der Waals surface area contributed by atoms with Crippen molar-refractivity contribution in [3.05, 3.63) is 84.4 Å². The maximum absolute atomic E-state index is 12.0. The molecular formula is C22H19NO2. The molecule has 0 aliphatic rings. The molecule has 124 valence electrons. The van der Waals surface area contributed by atoms with Crippen molar-refractivity contribution in [1.82, 2.24) is 4.57 Å². The molecular weight excluding hydrogens is 310 g/mol. The van der Waals surface area contributed by atoms with E-state index in [0.717, 1.165) is 13.0 Å². The highest BCUT2D eigenvalue weighted by Crippen LogP contribution is 2.28. The number of esters is 1. The summed E-state index contributed by atoms with van der Waals surface area (Å²) in [6.45, 7) is 1.23. The molecule has 3 heteroatoms. The zero-order chi connectivity index (χ0) is 17.1. The van der Waals surface area contributed by atoms with Gasteiger partial charge in [-0.2, -0.15) is 0 Å². The lowest BCUT2D eigenvalue weighted by atomic mass is 10.2. The van der Waals surface area contributed by atoms with Crippen LogP contribution in [0.5, 0.6) is 0 Å². The average Bonchev–Trinajstić information content (AvgIpc) is 3.00. The maximum atomic E-state index is 12.0. The fraction of sp³-hybridized carbons (Fsp3) is 0.136. The Morgan fingerprint density at radius 3 is 1.96 bits per heavy atom. The van der Waals surface area contributed by atoms with E-state index in [1.54, 1.807) is 12.1 Å². The first-order chi connectivity index (χ1) is 12.3. The highest BCUT2D eigenvalue weighted by molar-refractivity contribution is 6.07. The number of rotatable bonds is 5. The summed E-state index contributed by atoms with van der Waals surface area (Å²) in [6, 6.07) is 26.0. The summed E-state index contributed by atoms with van der Waals surface area (Å²) in [5.74, 6) is -0.261. The van der Waals surface area contributed by atoms with Crippen LogP contribution in [0.1, 0.15) is 16.8 Å². The lowest BCUT2D eigenvalue weighted by molar-refractivity contribution is 0.0496. The zero-order valence-electron chi connectivity index (χ0n) is 13.9. The number of carbonyl (C=O) groups excluding carboxylic acids is 1. The van der Waals surface area contributed by atoms with Gasteiger partial charge < -0.3 is 9.30 Å². The van der Waals surface area contributed by atoms with Crippen molar-refractivity contribution in [2.24, 2.45) is 0 Å². The van der Waals surface area contributed by atoms with E-state index in [2.05, 4.69) is 53.1 Å². The molecule has 3 aromatic carbocycles. The third-order valence-electron chi connectivity index (χ3n) is 4.45. The average molecular weight is 329 g/mol. The topological polar surface area (TPSA) is 31.2 Å². The normalized spacial score (nSPS) is 11.0. The Bertz CT molecular complexity index is 965. The SMILES string of the molecule is O=C(OCCCn1c2ccccc2c2ccccc21)c1ccccc1. The highest BCUT2D eigenvalue weighted by Gasteiger charge is 2.10. The van der Waals surface area contributed by atoms with Crippen molar-refractivity contribution in [3.8, 4) is 0 Å². The fourth-order valence-electron chi connectivity index (χ4n) is 3.29. The van der Waals surface area contributed by atoms with Crippen LogP contribution in [0.25, 0.3) is 21.8 Å². The first-order valence-electron chi connectivity index (χ1n) is 8.53. The molecule has 0 N–H and O–H groups in total. The number of aryl methyl sites for hydroxylation is 1. The fourth-order valence-corrected chi connectivity index (χ4v) is 3.29. The van der Waals surface area contributed by atoms with Gasteiger partial charge in [0.2, 0.25) is 0 Å². The third-order valence-corrected chi connectivity index (χ3v) is 4.45. The van der Waals surface area contributed by atoms with Crippen molar-refractivity contribution < 1.29 is 9.53 Å². The second-order valence-electron chi connectivity index (χ2n) is 6.04. The first kappa shape index (κ1) is 15.5. The molecule has 0 radical (unpaired) electrons. The summed E-state index contributed by atoms with van der Waals surface area (Å²) in [7, 11) is 0. The van der Waals surface area contributed by atoms with Crippen LogP contribution in [0.4, 0.5) is 0 Å². The van der Waals surface area contributed by atoms with Crippen LogP contribution in [0, 0.1) is 0 Å². The number of ether oxygens (including phenoxy) is 1. The smallest absolute Gasteiger partial charge is 0.338 e. The Kier molecular flexibility index (Phi) is 4.21. The molecule has 0 atom stereocenters. The molecule has 1 aromatic heterocycles. The lowest BCUT2D eigenvalue weighted by Gasteiger charge is -2.08. The van der Waals surface area contributed by atoms with E-state index in [0.29, 0.717) is 12.2 Å². The van der Waals surface area contributed by atoms with Crippen LogP contribution in [0.2, 0.25) is 0 Å². The number of aromatic nitrogens is 1. The minimum atomic E-state index is -0.261. The van der Waals surface area contributed by atoms with E-state index < -0.39 is 0 Å². The van der Waals surface area contributed by atoms with Crippen molar-refractivity contribution in [2.75, 3.05) is 6.61 Å². The molecule has 0 fully saturated rings. The molecule has 0 unspecified atom stereocenters. The van der Waals surface area contributed by atoms with Crippen LogP contribution >= 0.6 is 0 Å². The Labute approximate surface area is 146 Å². The van der Waals surface area contributed by atoms with Gasteiger partial charge in [-0.15, -0.1) is 0 Å². The van der Waals surface area contributed by atoms with Gasteiger partial charge in [-0.25, -0.2) is 4.79 Å². The Morgan fingerprint density at radius 2 is 1.32 bits per heavy atom. The van der Waals surface area contributed by atoms with E-state index in [4.69, 9.17) is 4.74 Å². The molecule has 0 aliphatic heterocycles. The van der Waals surface area contributed by atoms with E-state index in [-0.39, 0.29) is 5.97 Å². The van der Waals surface area contributed by atoms with Gasteiger partial charge in [-0.05, 0) is 30.7 Å².